The Morgan fingerprint density at radius 1 is 1.30 bits per heavy atom. The van der Waals surface area contributed by atoms with Gasteiger partial charge in [-0.25, -0.2) is 9.59 Å². The van der Waals surface area contributed by atoms with Crippen molar-refractivity contribution < 1.29 is 42.2 Å². The second kappa shape index (κ2) is 7.22. The Bertz CT molecular complexity index is 721. The maximum Gasteiger partial charge on any atom is 0.342 e. The summed E-state index contributed by atoms with van der Waals surface area (Å²) in [4.78, 5) is 22.1. The lowest BCUT2D eigenvalue weighted by Gasteiger charge is -2.20. The normalized spacial score (nSPS) is 13.7. The van der Waals surface area contributed by atoms with Gasteiger partial charge in [-0.1, -0.05) is 12.6 Å². The van der Waals surface area contributed by atoms with Crippen molar-refractivity contribution >= 4 is 22.1 Å². The molecule has 1 aromatic carbocycles. The second-order valence-corrected chi connectivity index (χ2v) is 5.64. The lowest BCUT2D eigenvalue weighted by molar-refractivity contribution is -0.179. The third-order valence-electron chi connectivity index (χ3n) is 2.49. The van der Waals surface area contributed by atoms with Crippen LogP contribution in [-0.4, -0.2) is 47.5 Å². The van der Waals surface area contributed by atoms with Crippen LogP contribution in [0.4, 0.5) is 0 Å². The Balaban J connectivity index is 3.17. The monoisotopic (exact) mass is 346 g/mol. The van der Waals surface area contributed by atoms with E-state index in [0.717, 1.165) is 31.2 Å². The van der Waals surface area contributed by atoms with Crippen molar-refractivity contribution in [1.82, 2.24) is 0 Å². The number of rotatable bonds is 6. The molecule has 2 atom stereocenters. The van der Waals surface area contributed by atoms with Gasteiger partial charge in [0.25, 0.3) is 16.4 Å². The van der Waals surface area contributed by atoms with Crippen LogP contribution < -0.4 is 0 Å². The lowest BCUT2D eigenvalue weighted by atomic mass is 10.2. The lowest BCUT2D eigenvalue weighted by Crippen LogP contribution is -2.33. The zero-order valence-corrected chi connectivity index (χ0v) is 12.7. The minimum Gasteiger partial charge on any atom is -0.506 e. The summed E-state index contributed by atoms with van der Waals surface area (Å²) in [5.41, 5.74) is -0.701. The number of benzene rings is 1. The Morgan fingerprint density at radius 3 is 2.39 bits per heavy atom. The van der Waals surface area contributed by atoms with E-state index in [1.807, 2.05) is 0 Å². The zero-order valence-electron chi connectivity index (χ0n) is 11.9. The van der Waals surface area contributed by atoms with Crippen LogP contribution in [0.5, 0.6) is 5.75 Å². The highest BCUT2D eigenvalue weighted by Gasteiger charge is 2.29. The van der Waals surface area contributed by atoms with Crippen LogP contribution in [0, 0.1) is 0 Å². The van der Waals surface area contributed by atoms with Crippen LogP contribution in [0.15, 0.2) is 35.7 Å². The molecular weight excluding hydrogens is 332 g/mol. The predicted molar refractivity (Wildman–Crippen MR) is 75.1 cm³/mol. The van der Waals surface area contributed by atoms with Crippen molar-refractivity contribution in [2.75, 3.05) is 0 Å². The minimum atomic E-state index is -4.93. The summed E-state index contributed by atoms with van der Waals surface area (Å²) in [5, 5.41) is 18.9. The molecule has 0 aromatic heterocycles. The molecule has 0 aliphatic rings. The summed E-state index contributed by atoms with van der Waals surface area (Å²) in [7, 11) is -4.93. The number of hydrogen-bond donors (Lipinski definition) is 3. The van der Waals surface area contributed by atoms with Gasteiger partial charge < -0.3 is 19.7 Å². The molecule has 0 radical (unpaired) electrons. The second-order valence-electron chi connectivity index (χ2n) is 4.28. The third-order valence-corrected chi connectivity index (χ3v) is 3.43. The highest BCUT2D eigenvalue weighted by Crippen LogP contribution is 2.27. The van der Waals surface area contributed by atoms with Crippen molar-refractivity contribution in [2.45, 2.75) is 24.2 Å². The molecule has 0 saturated heterocycles. The number of aliphatic hydroxyl groups excluding tert-OH is 1. The first-order valence-corrected chi connectivity index (χ1v) is 7.53. The maximum atomic E-state index is 12.0. The van der Waals surface area contributed by atoms with Crippen LogP contribution in [0.25, 0.3) is 0 Å². The Kier molecular flexibility index (Phi) is 5.85. The number of phenols is 1. The van der Waals surface area contributed by atoms with Crippen molar-refractivity contribution in [3.63, 3.8) is 0 Å². The molecule has 0 aliphatic carbocycles. The van der Waals surface area contributed by atoms with E-state index in [-0.39, 0.29) is 0 Å². The van der Waals surface area contributed by atoms with Crippen LogP contribution >= 0.6 is 0 Å². The van der Waals surface area contributed by atoms with Crippen molar-refractivity contribution in [1.29, 1.82) is 0 Å². The van der Waals surface area contributed by atoms with Crippen molar-refractivity contribution in [3.05, 3.63) is 36.4 Å². The number of carbonyl (C=O) groups is 2. The van der Waals surface area contributed by atoms with E-state index >= 15 is 0 Å². The fourth-order valence-electron chi connectivity index (χ4n) is 1.51. The van der Waals surface area contributed by atoms with Gasteiger partial charge in [0.05, 0.1) is 5.56 Å². The van der Waals surface area contributed by atoms with Gasteiger partial charge >= 0.3 is 11.9 Å². The van der Waals surface area contributed by atoms with E-state index in [1.54, 1.807) is 0 Å². The highest BCUT2D eigenvalue weighted by molar-refractivity contribution is 7.86. The fraction of sp³-hybridized carbons (Fsp3) is 0.231. The number of phenolic OH excluding ortho intramolecular Hbond substituents is 1. The number of aromatic hydroxyl groups is 1. The average Bonchev–Trinajstić information content (AvgIpc) is 2.44. The zero-order chi connectivity index (χ0) is 17.8. The molecule has 3 N–H and O–H groups in total. The van der Waals surface area contributed by atoms with E-state index < -0.39 is 50.7 Å². The molecule has 1 aromatic rings. The summed E-state index contributed by atoms with van der Waals surface area (Å²) in [6, 6.07) is 3.02. The minimum absolute atomic E-state index is 0.701. The predicted octanol–water partition coefficient (Wildman–Crippen LogP) is 0.232. The molecule has 0 spiro atoms. The number of esters is 2. The standard InChI is InChI=1S/C13H14O9S/c1-3-10(16)21-13(7(2)14)22-12(17)8-5-4-6-9(15)11(8)23(18,19)20/h3-7,13-15H,1H2,2H3,(H,18,19,20). The smallest absolute Gasteiger partial charge is 0.342 e. The summed E-state index contributed by atoms with van der Waals surface area (Å²) >= 11 is 0. The molecule has 9 nitrogen and oxygen atoms in total. The van der Waals surface area contributed by atoms with E-state index in [2.05, 4.69) is 11.3 Å². The van der Waals surface area contributed by atoms with Gasteiger partial charge in [0.2, 0.25) is 0 Å². The first kappa shape index (κ1) is 18.6. The van der Waals surface area contributed by atoms with E-state index in [4.69, 9.17) is 9.29 Å². The summed E-state index contributed by atoms with van der Waals surface area (Å²) in [5.74, 6) is -3.22. The molecule has 1 rings (SSSR count). The molecule has 23 heavy (non-hydrogen) atoms. The van der Waals surface area contributed by atoms with Crippen LogP contribution in [-0.2, 0) is 24.4 Å². The number of carbonyl (C=O) groups excluding carboxylic acids is 2. The van der Waals surface area contributed by atoms with Gasteiger partial charge in [-0.15, -0.1) is 0 Å². The topological polar surface area (TPSA) is 147 Å². The highest BCUT2D eigenvalue weighted by atomic mass is 32.2. The van der Waals surface area contributed by atoms with Gasteiger partial charge in [0.1, 0.15) is 16.7 Å². The fourth-order valence-corrected chi connectivity index (χ4v) is 2.27. The molecule has 0 fully saturated rings. The van der Waals surface area contributed by atoms with Gasteiger partial charge in [0, 0.05) is 6.08 Å². The SMILES string of the molecule is C=CC(=O)OC(OC(=O)c1cccc(O)c1S(=O)(=O)O)C(C)O. The van der Waals surface area contributed by atoms with Gasteiger partial charge in [-0.3, -0.25) is 4.55 Å². The molecule has 0 bridgehead atoms. The molecule has 0 heterocycles. The first-order chi connectivity index (χ1) is 10.6. The van der Waals surface area contributed by atoms with E-state index in [0.29, 0.717) is 0 Å². The molecule has 126 valence electrons. The molecule has 0 amide bonds. The van der Waals surface area contributed by atoms with Crippen LogP contribution in [0.1, 0.15) is 17.3 Å². The average molecular weight is 346 g/mol. The molecule has 0 aliphatic heterocycles. The summed E-state index contributed by atoms with van der Waals surface area (Å²) in [6.07, 6.45) is -2.42. The molecule has 0 saturated carbocycles. The summed E-state index contributed by atoms with van der Waals surface area (Å²) < 4.78 is 40.9. The van der Waals surface area contributed by atoms with E-state index in [9.17, 15) is 28.2 Å². The molecular formula is C13H14O9S. The summed E-state index contributed by atoms with van der Waals surface area (Å²) in [6.45, 7) is 4.28. The van der Waals surface area contributed by atoms with Crippen LogP contribution in [0.2, 0.25) is 0 Å². The van der Waals surface area contributed by atoms with Crippen molar-refractivity contribution in [3.8, 4) is 5.75 Å². The van der Waals surface area contributed by atoms with E-state index in [1.165, 1.54) is 0 Å². The third kappa shape index (κ3) is 4.77. The number of aliphatic hydroxyl groups is 1. The molecule has 10 heteroatoms. The molecule has 2 unspecified atom stereocenters. The number of ether oxygens (including phenoxy) is 2. The van der Waals surface area contributed by atoms with Gasteiger partial charge in [-0.2, -0.15) is 8.42 Å². The Labute approximate surface area is 131 Å². The Morgan fingerprint density at radius 2 is 1.91 bits per heavy atom. The Hall–Kier alpha value is -2.43. The quantitative estimate of drug-likeness (QED) is 0.285. The maximum absolute atomic E-state index is 12.0. The number of hydrogen-bond acceptors (Lipinski definition) is 8. The van der Waals surface area contributed by atoms with Gasteiger partial charge in [-0.05, 0) is 19.1 Å². The van der Waals surface area contributed by atoms with Crippen molar-refractivity contribution in [2.24, 2.45) is 0 Å². The van der Waals surface area contributed by atoms with Crippen LogP contribution in [0.3, 0.4) is 0 Å². The first-order valence-electron chi connectivity index (χ1n) is 6.09. The largest absolute Gasteiger partial charge is 0.506 e. The van der Waals surface area contributed by atoms with Gasteiger partial charge in [0.15, 0.2) is 0 Å².